The first kappa shape index (κ1) is 24.7. The van der Waals surface area contributed by atoms with Crippen molar-refractivity contribution in [3.8, 4) is 17.6 Å². The number of hydrogen-bond acceptors (Lipinski definition) is 6. The lowest BCUT2D eigenvalue weighted by molar-refractivity contribution is -0.116. The molecule has 0 aromatic heterocycles. The average molecular weight is 610 g/mol. The Labute approximate surface area is 222 Å². The molecule has 2 N–H and O–H groups in total. The molecule has 0 saturated heterocycles. The zero-order chi connectivity index (χ0) is 24.6. The molecule has 6 nitrogen and oxygen atoms in total. The highest BCUT2D eigenvalue weighted by molar-refractivity contribution is 14.1. The van der Waals surface area contributed by atoms with E-state index in [0.717, 1.165) is 33.2 Å². The lowest BCUT2D eigenvalue weighted by Crippen LogP contribution is -2.36. The summed E-state index contributed by atoms with van der Waals surface area (Å²) in [5.41, 5.74) is 9.76. The first-order valence-electron chi connectivity index (χ1n) is 10.6. The van der Waals surface area contributed by atoms with Crippen LogP contribution in [-0.4, -0.2) is 24.8 Å². The molecular weight excluding hydrogens is 588 g/mol. The second kappa shape index (κ2) is 10.1. The number of nitriles is 1. The molecule has 0 unspecified atom stereocenters. The Morgan fingerprint density at radius 3 is 2.71 bits per heavy atom. The van der Waals surface area contributed by atoms with Gasteiger partial charge in [-0.1, -0.05) is 29.3 Å². The van der Waals surface area contributed by atoms with E-state index in [4.69, 9.17) is 38.4 Å². The van der Waals surface area contributed by atoms with Gasteiger partial charge >= 0.3 is 0 Å². The number of Topliss-reactive ketones (excluding diaryl/α,β-unsaturated/α-hetero) is 1. The summed E-state index contributed by atoms with van der Waals surface area (Å²) in [7, 11) is 3.36. The van der Waals surface area contributed by atoms with Gasteiger partial charge in [0.05, 0.1) is 28.2 Å². The molecule has 2 aliphatic rings. The Hall–Kier alpha value is -2.41. The molecule has 34 heavy (non-hydrogen) atoms. The van der Waals surface area contributed by atoms with E-state index in [-0.39, 0.29) is 12.4 Å². The van der Waals surface area contributed by atoms with Gasteiger partial charge in [0.2, 0.25) is 0 Å². The maximum atomic E-state index is 13.0. The van der Waals surface area contributed by atoms with Crippen LogP contribution in [0.25, 0.3) is 0 Å². The van der Waals surface area contributed by atoms with E-state index in [1.165, 1.54) is 0 Å². The zero-order valence-corrected chi connectivity index (χ0v) is 22.3. The molecule has 9 heteroatoms. The Balaban J connectivity index is 1.76. The molecule has 0 fully saturated rings. The Kier molecular flexibility index (Phi) is 7.31. The topological polar surface area (TPSA) is 88.6 Å². The van der Waals surface area contributed by atoms with Gasteiger partial charge in [-0.05, 0) is 65.3 Å². The fourth-order valence-electron chi connectivity index (χ4n) is 4.43. The Bertz CT molecular complexity index is 1280. The fraction of sp³-hybridized carbons (Fsp3) is 0.280. The van der Waals surface area contributed by atoms with Crippen LogP contribution in [0, 0.1) is 14.9 Å². The maximum Gasteiger partial charge on any atom is 0.174 e. The van der Waals surface area contributed by atoms with E-state index in [1.807, 2.05) is 18.2 Å². The summed E-state index contributed by atoms with van der Waals surface area (Å²) >= 11 is 14.4. The smallest absolute Gasteiger partial charge is 0.174 e. The summed E-state index contributed by atoms with van der Waals surface area (Å²) in [6, 6.07) is 11.2. The molecule has 1 aliphatic carbocycles. The number of benzene rings is 2. The molecule has 0 saturated carbocycles. The second-order valence-electron chi connectivity index (χ2n) is 8.10. The third kappa shape index (κ3) is 4.47. The monoisotopic (exact) mass is 609 g/mol. The second-order valence-corrected chi connectivity index (χ2v) is 10.1. The molecular formula is C25H22Cl2IN3O3. The van der Waals surface area contributed by atoms with Gasteiger partial charge in [-0.15, -0.1) is 0 Å². The third-order valence-corrected chi connectivity index (χ3v) is 7.53. The number of nitrogens with two attached hydrogens (primary N) is 1. The van der Waals surface area contributed by atoms with E-state index in [0.29, 0.717) is 44.9 Å². The van der Waals surface area contributed by atoms with Gasteiger partial charge in [0, 0.05) is 40.3 Å². The maximum absolute atomic E-state index is 13.0. The predicted octanol–water partition coefficient (Wildman–Crippen LogP) is 5.92. The molecule has 0 radical (unpaired) electrons. The van der Waals surface area contributed by atoms with Gasteiger partial charge in [-0.3, -0.25) is 4.79 Å². The lowest BCUT2D eigenvalue weighted by atomic mass is 9.76. The largest absolute Gasteiger partial charge is 0.493 e. The molecule has 176 valence electrons. The Morgan fingerprint density at radius 1 is 1.26 bits per heavy atom. The molecule has 0 amide bonds. The van der Waals surface area contributed by atoms with E-state index >= 15 is 0 Å². The molecule has 1 aliphatic heterocycles. The minimum atomic E-state index is -0.550. The van der Waals surface area contributed by atoms with Crippen LogP contribution in [-0.2, 0) is 11.4 Å². The first-order chi connectivity index (χ1) is 16.3. The van der Waals surface area contributed by atoms with Crippen LogP contribution in [0.2, 0.25) is 10.0 Å². The summed E-state index contributed by atoms with van der Waals surface area (Å²) in [6.45, 7) is 0.222. The third-order valence-electron chi connectivity index (χ3n) is 6.14. The zero-order valence-electron chi connectivity index (χ0n) is 18.6. The quantitative estimate of drug-likeness (QED) is 0.424. The van der Waals surface area contributed by atoms with Crippen LogP contribution < -0.4 is 15.2 Å². The van der Waals surface area contributed by atoms with Gasteiger partial charge in [-0.25, -0.2) is 0 Å². The van der Waals surface area contributed by atoms with Crippen LogP contribution in [0.5, 0.6) is 11.5 Å². The van der Waals surface area contributed by atoms with Crippen molar-refractivity contribution in [1.82, 2.24) is 4.90 Å². The number of allylic oxidation sites excluding steroid dienone is 3. The van der Waals surface area contributed by atoms with Crippen LogP contribution in [0.3, 0.4) is 0 Å². The minimum absolute atomic E-state index is 0.0463. The van der Waals surface area contributed by atoms with Crippen molar-refractivity contribution in [1.29, 1.82) is 5.26 Å². The summed E-state index contributed by atoms with van der Waals surface area (Å²) in [5.74, 6) is 0.904. The van der Waals surface area contributed by atoms with E-state index in [2.05, 4.69) is 28.7 Å². The molecule has 2 aromatic rings. The van der Waals surface area contributed by atoms with Crippen LogP contribution in [0.15, 0.2) is 53.0 Å². The van der Waals surface area contributed by atoms with Gasteiger partial charge < -0.3 is 20.1 Å². The highest BCUT2D eigenvalue weighted by atomic mass is 127. The highest BCUT2D eigenvalue weighted by Crippen LogP contribution is 2.46. The van der Waals surface area contributed by atoms with Gasteiger partial charge in [-0.2, -0.15) is 5.26 Å². The van der Waals surface area contributed by atoms with Crippen molar-refractivity contribution in [3.63, 3.8) is 0 Å². The van der Waals surface area contributed by atoms with Crippen LogP contribution in [0.4, 0.5) is 0 Å². The van der Waals surface area contributed by atoms with Crippen molar-refractivity contribution in [2.75, 3.05) is 14.2 Å². The van der Waals surface area contributed by atoms with Gasteiger partial charge in [0.15, 0.2) is 17.3 Å². The van der Waals surface area contributed by atoms with Gasteiger partial charge in [0.25, 0.3) is 0 Å². The van der Waals surface area contributed by atoms with Crippen LogP contribution >= 0.6 is 45.8 Å². The number of halogens is 3. The summed E-state index contributed by atoms with van der Waals surface area (Å²) in [6.07, 6.45) is 1.97. The Morgan fingerprint density at radius 2 is 2.03 bits per heavy atom. The molecule has 1 heterocycles. The van der Waals surface area contributed by atoms with E-state index in [1.54, 1.807) is 31.2 Å². The lowest BCUT2D eigenvalue weighted by Gasteiger charge is -2.37. The van der Waals surface area contributed by atoms with Crippen molar-refractivity contribution in [2.45, 2.75) is 31.8 Å². The van der Waals surface area contributed by atoms with Crippen LogP contribution in [0.1, 0.15) is 36.3 Å². The standard InChI is InChI=1S/C25H22Cl2IN3O3/c1-31-19-4-3-5-20(32)23(19)22(16(11-29)25(31)30)14-8-18(28)24(21(9-14)33-2)34-12-13-6-7-15(26)10-17(13)27/h6-10,22H,3-5,12,30H2,1-2H3/t22-/m0/s1. The minimum Gasteiger partial charge on any atom is -0.493 e. The SMILES string of the molecule is COc1cc([C@H]2C(C#N)=C(N)N(C)C3=C2C(=O)CCC3)cc(I)c1OCc1ccc(Cl)cc1Cl. The number of carbonyl (C=O) groups is 1. The number of nitrogens with zero attached hydrogens (tertiary/aromatic N) is 2. The predicted molar refractivity (Wildman–Crippen MR) is 140 cm³/mol. The summed E-state index contributed by atoms with van der Waals surface area (Å²) < 4.78 is 12.5. The molecule has 0 bridgehead atoms. The highest BCUT2D eigenvalue weighted by Gasteiger charge is 2.39. The number of ether oxygens (including phenoxy) is 2. The number of methoxy groups -OCH3 is 1. The molecule has 4 rings (SSSR count). The number of ketones is 1. The van der Waals surface area contributed by atoms with Crippen molar-refractivity contribution < 1.29 is 14.3 Å². The molecule has 1 atom stereocenters. The number of carbonyl (C=O) groups excluding carboxylic acids is 1. The average Bonchev–Trinajstić information content (AvgIpc) is 2.81. The van der Waals surface area contributed by atoms with Gasteiger partial charge in [0.1, 0.15) is 12.4 Å². The van der Waals surface area contributed by atoms with Crippen molar-refractivity contribution in [3.05, 3.63) is 77.7 Å². The summed E-state index contributed by atoms with van der Waals surface area (Å²) in [5, 5.41) is 11.0. The summed E-state index contributed by atoms with van der Waals surface area (Å²) in [4.78, 5) is 14.8. The molecule has 0 spiro atoms. The number of hydrogen-bond donors (Lipinski definition) is 1. The molecule has 2 aromatic carbocycles. The normalized spacial score (nSPS) is 18.1. The van der Waals surface area contributed by atoms with Crippen molar-refractivity contribution in [2.24, 2.45) is 5.73 Å². The van der Waals surface area contributed by atoms with Crippen molar-refractivity contribution >= 4 is 51.6 Å². The van der Waals surface area contributed by atoms with E-state index in [9.17, 15) is 10.1 Å². The first-order valence-corrected chi connectivity index (χ1v) is 12.4. The fourth-order valence-corrected chi connectivity index (χ4v) is 5.68. The number of rotatable bonds is 5. The van der Waals surface area contributed by atoms with E-state index < -0.39 is 5.92 Å².